The molecule has 1 aromatic heterocycles. The number of fused-ring (bicyclic) bond motifs is 3. The van der Waals surface area contributed by atoms with E-state index in [1.165, 1.54) is 11.1 Å². The van der Waals surface area contributed by atoms with E-state index in [2.05, 4.69) is 122 Å². The summed E-state index contributed by atoms with van der Waals surface area (Å²) in [6, 6.07) is 41.8. The van der Waals surface area contributed by atoms with Crippen LogP contribution in [0.25, 0.3) is 33.1 Å². The standard InChI is InChI=1S/C47H39N3O/c1-3-5-6-7-10-18-34(17-4-2)19-15-20-35-27-29-38(30-28-35)46-48-45(37-23-13-9-14-24-37)49-47(50-46)41-25-16-26-42-44(41)40-32-31-39(33-43(40)51-42)36-21-11-8-12-22-36/h3-17,19,21-33,47H,1-2,18,20H2,(H,48,49,50)/b6-5-,10-7-,19-15-,34-17-. The van der Waals surface area contributed by atoms with Crippen molar-refractivity contribution in [1.82, 2.24) is 5.32 Å². The van der Waals surface area contributed by atoms with Gasteiger partial charge in [-0.1, -0.05) is 171 Å². The molecule has 0 fully saturated rings. The van der Waals surface area contributed by atoms with E-state index >= 15 is 0 Å². The molecule has 1 atom stereocenters. The van der Waals surface area contributed by atoms with Gasteiger partial charge < -0.3 is 9.73 Å². The molecular weight excluding hydrogens is 623 g/mol. The maximum absolute atomic E-state index is 6.45. The Balaban J connectivity index is 1.17. The lowest BCUT2D eigenvalue weighted by molar-refractivity contribution is 0.662. The van der Waals surface area contributed by atoms with E-state index in [-0.39, 0.29) is 6.17 Å². The number of benzene rings is 5. The molecule has 1 aliphatic rings. The van der Waals surface area contributed by atoms with Crippen LogP contribution in [0.15, 0.2) is 209 Å². The van der Waals surface area contributed by atoms with E-state index in [1.807, 2.05) is 66.8 Å². The second kappa shape index (κ2) is 15.8. The molecule has 0 saturated carbocycles. The molecule has 0 saturated heterocycles. The van der Waals surface area contributed by atoms with E-state index < -0.39 is 0 Å². The van der Waals surface area contributed by atoms with Gasteiger partial charge >= 0.3 is 0 Å². The quantitative estimate of drug-likeness (QED) is 0.133. The summed E-state index contributed by atoms with van der Waals surface area (Å²) in [5, 5.41) is 5.78. The number of aliphatic imine (C=N–C) groups is 2. The molecule has 1 aliphatic heterocycles. The van der Waals surface area contributed by atoms with Crippen LogP contribution in [-0.2, 0) is 6.42 Å². The maximum atomic E-state index is 6.45. The number of nitrogens with one attached hydrogen (secondary N) is 1. The van der Waals surface area contributed by atoms with Crippen molar-refractivity contribution in [2.24, 2.45) is 9.98 Å². The van der Waals surface area contributed by atoms with Gasteiger partial charge in [-0.2, -0.15) is 0 Å². The lowest BCUT2D eigenvalue weighted by atomic mass is 10.00. The number of rotatable bonds is 12. The highest BCUT2D eigenvalue weighted by atomic mass is 16.3. The van der Waals surface area contributed by atoms with Gasteiger partial charge in [0, 0.05) is 27.5 Å². The molecule has 4 nitrogen and oxygen atoms in total. The van der Waals surface area contributed by atoms with Crippen LogP contribution in [0.2, 0.25) is 0 Å². The van der Waals surface area contributed by atoms with Gasteiger partial charge in [0.2, 0.25) is 0 Å². The summed E-state index contributed by atoms with van der Waals surface area (Å²) in [5.41, 5.74) is 9.38. The fourth-order valence-corrected chi connectivity index (χ4v) is 6.28. The highest BCUT2D eigenvalue weighted by molar-refractivity contribution is 6.14. The topological polar surface area (TPSA) is 49.9 Å². The van der Waals surface area contributed by atoms with Crippen molar-refractivity contribution in [1.29, 1.82) is 0 Å². The average molecular weight is 662 g/mol. The second-order valence-electron chi connectivity index (χ2n) is 12.3. The summed E-state index contributed by atoms with van der Waals surface area (Å²) in [6.45, 7) is 7.58. The fraction of sp³-hybridized carbons (Fsp3) is 0.0638. The van der Waals surface area contributed by atoms with Gasteiger partial charge in [0.05, 0.1) is 0 Å². The summed E-state index contributed by atoms with van der Waals surface area (Å²) in [6.07, 6.45) is 19.3. The van der Waals surface area contributed by atoms with Gasteiger partial charge in [0.25, 0.3) is 0 Å². The molecule has 2 heterocycles. The first-order chi connectivity index (χ1) is 25.2. The molecular formula is C47H39N3O. The molecule has 51 heavy (non-hydrogen) atoms. The van der Waals surface area contributed by atoms with Crippen LogP contribution in [-0.4, -0.2) is 11.7 Å². The summed E-state index contributed by atoms with van der Waals surface area (Å²) >= 11 is 0. The maximum Gasteiger partial charge on any atom is 0.159 e. The molecule has 6 aromatic rings. The average Bonchev–Trinajstić information content (AvgIpc) is 3.57. The monoisotopic (exact) mass is 661 g/mol. The molecule has 7 rings (SSSR count). The summed E-state index contributed by atoms with van der Waals surface area (Å²) < 4.78 is 6.45. The Bertz CT molecular complexity index is 2350. The minimum atomic E-state index is -0.370. The molecule has 0 spiro atoms. The third kappa shape index (κ3) is 7.71. The molecule has 4 heteroatoms. The van der Waals surface area contributed by atoms with E-state index in [0.29, 0.717) is 5.84 Å². The molecule has 5 aromatic carbocycles. The minimum Gasteiger partial charge on any atom is -0.456 e. The van der Waals surface area contributed by atoms with E-state index in [1.54, 1.807) is 6.08 Å². The molecule has 0 radical (unpaired) electrons. The largest absolute Gasteiger partial charge is 0.456 e. The van der Waals surface area contributed by atoms with Gasteiger partial charge in [-0.15, -0.1) is 0 Å². The number of allylic oxidation sites excluding steroid dienone is 10. The Morgan fingerprint density at radius 1 is 0.686 bits per heavy atom. The lowest BCUT2D eigenvalue weighted by Crippen LogP contribution is -2.33. The lowest BCUT2D eigenvalue weighted by Gasteiger charge is -2.24. The fourth-order valence-electron chi connectivity index (χ4n) is 6.28. The normalized spacial score (nSPS) is 15.1. The zero-order valence-corrected chi connectivity index (χ0v) is 28.5. The van der Waals surface area contributed by atoms with Crippen LogP contribution in [0.4, 0.5) is 0 Å². The first kappa shape index (κ1) is 33.0. The van der Waals surface area contributed by atoms with Gasteiger partial charge in [-0.3, -0.25) is 0 Å². The van der Waals surface area contributed by atoms with Crippen molar-refractivity contribution in [3.63, 3.8) is 0 Å². The first-order valence-electron chi connectivity index (χ1n) is 17.2. The third-order valence-electron chi connectivity index (χ3n) is 8.80. The minimum absolute atomic E-state index is 0.370. The van der Waals surface area contributed by atoms with Crippen molar-refractivity contribution in [2.45, 2.75) is 19.0 Å². The summed E-state index contributed by atoms with van der Waals surface area (Å²) in [5.74, 6) is 1.47. The molecule has 1 unspecified atom stereocenters. The molecule has 0 aliphatic carbocycles. The Morgan fingerprint density at radius 3 is 2.22 bits per heavy atom. The SMILES string of the molecule is C=C/C=C\C=C/CC(/C=C\Cc1ccc(C2=NC(c3ccccc3)=NC(c3cccc4oc5cc(-c6ccccc6)ccc5c34)N2)cc1)=C/C=C. The number of amidine groups is 2. The van der Waals surface area contributed by atoms with Crippen LogP contribution in [0.5, 0.6) is 0 Å². The molecule has 1 N–H and O–H groups in total. The Kier molecular flexibility index (Phi) is 10.2. The predicted molar refractivity (Wildman–Crippen MR) is 215 cm³/mol. The number of furan rings is 1. The zero-order valence-electron chi connectivity index (χ0n) is 28.5. The number of hydrogen-bond acceptors (Lipinski definition) is 4. The zero-order chi connectivity index (χ0) is 34.8. The van der Waals surface area contributed by atoms with Crippen molar-refractivity contribution in [3.05, 3.63) is 217 Å². The Hall–Kier alpha value is -6.52. The smallest absolute Gasteiger partial charge is 0.159 e. The van der Waals surface area contributed by atoms with Crippen LogP contribution >= 0.6 is 0 Å². The number of hydrogen-bond donors (Lipinski definition) is 1. The van der Waals surface area contributed by atoms with E-state index in [9.17, 15) is 0 Å². The van der Waals surface area contributed by atoms with Crippen molar-refractivity contribution >= 4 is 33.6 Å². The summed E-state index contributed by atoms with van der Waals surface area (Å²) in [7, 11) is 0. The summed E-state index contributed by atoms with van der Waals surface area (Å²) in [4.78, 5) is 10.2. The number of nitrogens with zero attached hydrogens (tertiary/aromatic N) is 2. The molecule has 248 valence electrons. The van der Waals surface area contributed by atoms with Crippen LogP contribution in [0, 0.1) is 0 Å². The highest BCUT2D eigenvalue weighted by Crippen LogP contribution is 2.37. The van der Waals surface area contributed by atoms with Gasteiger partial charge in [0.15, 0.2) is 5.84 Å². The van der Waals surface area contributed by atoms with Gasteiger partial charge in [-0.25, -0.2) is 9.98 Å². The Morgan fingerprint density at radius 2 is 1.45 bits per heavy atom. The van der Waals surface area contributed by atoms with Crippen LogP contribution in [0.3, 0.4) is 0 Å². The van der Waals surface area contributed by atoms with Crippen LogP contribution in [0.1, 0.15) is 34.8 Å². The van der Waals surface area contributed by atoms with E-state index in [4.69, 9.17) is 14.4 Å². The Labute approximate surface area is 299 Å². The molecule has 0 bridgehead atoms. The van der Waals surface area contributed by atoms with Crippen molar-refractivity contribution in [2.75, 3.05) is 0 Å². The molecule has 0 amide bonds. The van der Waals surface area contributed by atoms with Gasteiger partial charge in [-0.05, 0) is 53.3 Å². The first-order valence-corrected chi connectivity index (χ1v) is 17.2. The van der Waals surface area contributed by atoms with Crippen LogP contribution < -0.4 is 5.32 Å². The van der Waals surface area contributed by atoms with Crippen molar-refractivity contribution in [3.8, 4) is 11.1 Å². The highest BCUT2D eigenvalue weighted by Gasteiger charge is 2.24. The second-order valence-corrected chi connectivity index (χ2v) is 12.3. The third-order valence-corrected chi connectivity index (χ3v) is 8.80. The predicted octanol–water partition coefficient (Wildman–Crippen LogP) is 11.6. The van der Waals surface area contributed by atoms with Gasteiger partial charge in [0.1, 0.15) is 23.2 Å². The van der Waals surface area contributed by atoms with E-state index in [0.717, 1.165) is 68.4 Å². The van der Waals surface area contributed by atoms with Crippen molar-refractivity contribution < 1.29 is 4.42 Å².